The summed E-state index contributed by atoms with van der Waals surface area (Å²) in [6.45, 7) is 0. The van der Waals surface area contributed by atoms with E-state index in [0.717, 1.165) is 12.8 Å². The smallest absolute Gasteiger partial charge is 0.332 e. The molecule has 1 saturated carbocycles. The number of hydrogen-bond acceptors (Lipinski definition) is 3. The molecule has 0 aromatic heterocycles. The third kappa shape index (κ3) is 3.32. The van der Waals surface area contributed by atoms with Crippen LogP contribution in [0.2, 0.25) is 10.0 Å². The van der Waals surface area contributed by atoms with Gasteiger partial charge in [-0.15, -0.1) is 0 Å². The monoisotopic (exact) mass is 463 g/mol. The number of aliphatic hydroxyl groups is 1. The van der Waals surface area contributed by atoms with Crippen molar-refractivity contribution in [3.05, 3.63) is 94.0 Å². The number of nitrogens with zero attached hydrogens (tertiary/aromatic N) is 3. The molecule has 1 aliphatic carbocycles. The summed E-state index contributed by atoms with van der Waals surface area (Å²) in [5.74, 6) is 0.114. The Kier molecular flexibility index (Phi) is 5.10. The highest BCUT2D eigenvalue weighted by atomic mass is 35.5. The van der Waals surface area contributed by atoms with E-state index < -0.39 is 11.8 Å². The Bertz CT molecular complexity index is 1220. The number of anilines is 2. The zero-order valence-corrected chi connectivity index (χ0v) is 18.5. The van der Waals surface area contributed by atoms with Crippen LogP contribution in [0.4, 0.5) is 16.2 Å². The van der Waals surface area contributed by atoms with Gasteiger partial charge in [0, 0.05) is 27.0 Å². The molecule has 2 atom stereocenters. The van der Waals surface area contributed by atoms with E-state index in [0.29, 0.717) is 32.5 Å². The van der Waals surface area contributed by atoms with E-state index in [1.54, 1.807) is 77.7 Å². The van der Waals surface area contributed by atoms with Crippen LogP contribution in [-0.4, -0.2) is 17.2 Å². The minimum Gasteiger partial charge on any atom is -0.365 e. The SMILES string of the molecule is N#Cc1cccc(C2(O)[C@H](C3CC3)N(c3ccc(Cl)cc3)C(=O)N2c2ccc(Cl)cc2)c1. The maximum Gasteiger partial charge on any atom is 0.332 e. The number of carbonyl (C=O) groups excluding carboxylic acids is 1. The average molecular weight is 464 g/mol. The number of carbonyl (C=O) groups is 1. The lowest BCUT2D eigenvalue weighted by molar-refractivity contribution is 0.0251. The van der Waals surface area contributed by atoms with Gasteiger partial charge in [-0.1, -0.05) is 35.3 Å². The van der Waals surface area contributed by atoms with Crippen molar-refractivity contribution in [1.82, 2.24) is 0 Å². The second-order valence-corrected chi connectivity index (χ2v) is 9.01. The zero-order valence-electron chi connectivity index (χ0n) is 17.0. The van der Waals surface area contributed by atoms with Crippen LogP contribution in [0.25, 0.3) is 0 Å². The Hall–Kier alpha value is -3.04. The van der Waals surface area contributed by atoms with E-state index in [9.17, 15) is 15.2 Å². The molecule has 2 aliphatic rings. The fourth-order valence-corrected chi connectivity index (χ4v) is 4.78. The molecule has 5 rings (SSSR count). The van der Waals surface area contributed by atoms with Crippen molar-refractivity contribution in [3.63, 3.8) is 0 Å². The minimum absolute atomic E-state index is 0.114. The van der Waals surface area contributed by atoms with E-state index in [-0.39, 0.29) is 11.9 Å². The fraction of sp³-hybridized carbons (Fsp3) is 0.200. The molecule has 3 aromatic carbocycles. The summed E-state index contributed by atoms with van der Waals surface area (Å²) in [7, 11) is 0. The molecule has 0 spiro atoms. The van der Waals surface area contributed by atoms with Gasteiger partial charge in [0.1, 0.15) is 0 Å². The Morgan fingerprint density at radius 3 is 2.09 bits per heavy atom. The van der Waals surface area contributed by atoms with Crippen molar-refractivity contribution in [1.29, 1.82) is 5.26 Å². The molecule has 2 amide bonds. The van der Waals surface area contributed by atoms with Gasteiger partial charge in [-0.05, 0) is 79.4 Å². The van der Waals surface area contributed by atoms with Gasteiger partial charge in [0.25, 0.3) is 0 Å². The lowest BCUT2D eigenvalue weighted by Gasteiger charge is -2.37. The van der Waals surface area contributed by atoms with Gasteiger partial charge in [-0.3, -0.25) is 9.80 Å². The third-order valence-electron chi connectivity index (χ3n) is 6.10. The molecular formula is C25H19Cl2N3O2. The number of halogens is 2. The second-order valence-electron chi connectivity index (χ2n) is 8.14. The first-order chi connectivity index (χ1) is 15.4. The van der Waals surface area contributed by atoms with Gasteiger partial charge in [-0.25, -0.2) is 4.79 Å². The second kappa shape index (κ2) is 7.83. The third-order valence-corrected chi connectivity index (χ3v) is 6.61. The Morgan fingerprint density at radius 1 is 0.938 bits per heavy atom. The van der Waals surface area contributed by atoms with Crippen LogP contribution < -0.4 is 9.80 Å². The Balaban J connectivity index is 1.74. The summed E-state index contributed by atoms with van der Waals surface area (Å²) in [6, 6.07) is 21.9. The molecule has 1 aliphatic heterocycles. The number of urea groups is 1. The zero-order chi connectivity index (χ0) is 22.5. The van der Waals surface area contributed by atoms with Crippen molar-refractivity contribution in [2.24, 2.45) is 5.92 Å². The summed E-state index contributed by atoms with van der Waals surface area (Å²) in [4.78, 5) is 17.0. The van der Waals surface area contributed by atoms with Gasteiger partial charge in [0.05, 0.1) is 17.7 Å². The molecule has 0 radical (unpaired) electrons. The summed E-state index contributed by atoms with van der Waals surface area (Å²) < 4.78 is 0. The molecule has 1 unspecified atom stereocenters. The average Bonchev–Trinajstić information content (AvgIpc) is 3.61. The number of hydrogen-bond donors (Lipinski definition) is 1. The number of rotatable bonds is 4. The predicted octanol–water partition coefficient (Wildman–Crippen LogP) is 5.94. The molecule has 160 valence electrons. The Morgan fingerprint density at radius 2 is 1.53 bits per heavy atom. The van der Waals surface area contributed by atoms with Gasteiger partial charge < -0.3 is 5.11 Å². The molecule has 5 nitrogen and oxygen atoms in total. The quantitative estimate of drug-likeness (QED) is 0.520. The topological polar surface area (TPSA) is 67.6 Å². The van der Waals surface area contributed by atoms with E-state index in [1.807, 2.05) is 0 Å². The van der Waals surface area contributed by atoms with Crippen molar-refractivity contribution in [2.75, 3.05) is 9.80 Å². The standard InChI is InChI=1S/C25H19Cl2N3O2/c26-19-6-10-21(11-7-19)29-23(17-4-5-17)25(32,18-3-1-2-16(14-18)15-28)30(24(29)31)22-12-8-20(27)9-13-22/h1-3,6-14,17,23,32H,4-5H2/t23-,25?/m0/s1. The van der Waals surface area contributed by atoms with Crippen LogP contribution >= 0.6 is 23.2 Å². The van der Waals surface area contributed by atoms with Crippen LogP contribution in [0.5, 0.6) is 0 Å². The van der Waals surface area contributed by atoms with E-state index in [2.05, 4.69) is 6.07 Å². The number of benzene rings is 3. The van der Waals surface area contributed by atoms with Crippen molar-refractivity contribution in [2.45, 2.75) is 24.6 Å². The van der Waals surface area contributed by atoms with Crippen LogP contribution in [0.1, 0.15) is 24.0 Å². The normalized spacial score (nSPS) is 22.8. The van der Waals surface area contributed by atoms with Crippen LogP contribution in [-0.2, 0) is 5.72 Å². The lowest BCUT2D eigenvalue weighted by Crippen LogP contribution is -2.50. The van der Waals surface area contributed by atoms with Crippen LogP contribution in [0.3, 0.4) is 0 Å². The highest BCUT2D eigenvalue weighted by molar-refractivity contribution is 6.31. The molecule has 1 saturated heterocycles. The molecule has 0 bridgehead atoms. The van der Waals surface area contributed by atoms with Crippen molar-refractivity contribution < 1.29 is 9.90 Å². The van der Waals surface area contributed by atoms with Crippen molar-refractivity contribution >= 4 is 40.6 Å². The van der Waals surface area contributed by atoms with Crippen molar-refractivity contribution in [3.8, 4) is 6.07 Å². The molecule has 3 aromatic rings. The Labute approximate surface area is 196 Å². The minimum atomic E-state index is -1.68. The van der Waals surface area contributed by atoms with Crippen LogP contribution in [0, 0.1) is 17.2 Å². The number of amides is 2. The lowest BCUT2D eigenvalue weighted by atomic mass is 9.89. The maximum atomic E-state index is 13.9. The predicted molar refractivity (Wildman–Crippen MR) is 125 cm³/mol. The fourth-order valence-electron chi connectivity index (χ4n) is 4.52. The highest BCUT2D eigenvalue weighted by Crippen LogP contribution is 2.52. The van der Waals surface area contributed by atoms with E-state index in [1.165, 1.54) is 4.90 Å². The molecule has 1 N–H and O–H groups in total. The first-order valence-electron chi connectivity index (χ1n) is 10.3. The highest BCUT2D eigenvalue weighted by Gasteiger charge is 2.62. The molecular weight excluding hydrogens is 445 g/mol. The molecule has 1 heterocycles. The van der Waals surface area contributed by atoms with Gasteiger partial charge >= 0.3 is 6.03 Å². The first-order valence-corrected chi connectivity index (χ1v) is 11.1. The summed E-state index contributed by atoms with van der Waals surface area (Å²) in [5.41, 5.74) is 0.402. The maximum absolute atomic E-state index is 13.9. The first kappa shape index (κ1) is 20.8. The summed E-state index contributed by atoms with van der Waals surface area (Å²) in [5, 5.41) is 22.9. The van der Waals surface area contributed by atoms with Gasteiger partial charge in [0.2, 0.25) is 0 Å². The van der Waals surface area contributed by atoms with E-state index in [4.69, 9.17) is 23.2 Å². The number of nitriles is 1. The van der Waals surface area contributed by atoms with Gasteiger partial charge in [0.15, 0.2) is 5.72 Å². The largest absolute Gasteiger partial charge is 0.365 e. The molecule has 32 heavy (non-hydrogen) atoms. The van der Waals surface area contributed by atoms with E-state index >= 15 is 0 Å². The van der Waals surface area contributed by atoms with Gasteiger partial charge in [-0.2, -0.15) is 5.26 Å². The summed E-state index contributed by atoms with van der Waals surface area (Å²) >= 11 is 12.2. The molecule has 7 heteroatoms. The summed E-state index contributed by atoms with van der Waals surface area (Å²) in [6.07, 6.45) is 1.80. The van der Waals surface area contributed by atoms with Crippen LogP contribution in [0.15, 0.2) is 72.8 Å². The molecule has 2 fully saturated rings.